The van der Waals surface area contributed by atoms with Crippen molar-refractivity contribution >= 4 is 17.2 Å². The summed E-state index contributed by atoms with van der Waals surface area (Å²) in [7, 11) is 0. The van der Waals surface area contributed by atoms with Gasteiger partial charge < -0.3 is 9.78 Å². The van der Waals surface area contributed by atoms with Gasteiger partial charge in [-0.3, -0.25) is 4.90 Å². The molecule has 0 bridgehead atoms. The number of nitrogens with zero attached hydrogens (tertiary/aromatic N) is 1. The lowest BCUT2D eigenvalue weighted by Gasteiger charge is -2.49. The molecule has 2 aromatic rings. The van der Waals surface area contributed by atoms with E-state index in [1.165, 1.54) is 28.4 Å². The molecule has 0 aliphatic carbocycles. The Morgan fingerprint density at radius 3 is 3.05 bits per heavy atom. The predicted octanol–water partition coefficient (Wildman–Crippen LogP) is 3.46. The first kappa shape index (κ1) is 13.1. The highest BCUT2D eigenvalue weighted by Gasteiger charge is 2.47. The van der Waals surface area contributed by atoms with Gasteiger partial charge in [-0.2, -0.15) is 0 Å². The van der Waals surface area contributed by atoms with E-state index in [0.717, 1.165) is 38.8 Å². The maximum absolute atomic E-state index is 12.0. The monoisotopic (exact) mass is 282 g/mol. The van der Waals surface area contributed by atoms with E-state index in [0.29, 0.717) is 0 Å². The topological polar surface area (TPSA) is 36.1 Å². The highest BCUT2D eigenvalue weighted by Crippen LogP contribution is 2.50. The second kappa shape index (κ2) is 4.70. The smallest absolute Gasteiger partial charge is 0.128 e. The van der Waals surface area contributed by atoms with Gasteiger partial charge in [-0.1, -0.05) is 25.1 Å². The summed E-state index contributed by atoms with van der Waals surface area (Å²) in [6, 6.07) is 8.78. The van der Waals surface area contributed by atoms with Crippen LogP contribution in [0.3, 0.4) is 0 Å². The molecule has 1 saturated heterocycles. The zero-order valence-corrected chi connectivity index (χ0v) is 12.6. The third kappa shape index (κ3) is 1.73. The Labute approximate surface area is 125 Å². The van der Waals surface area contributed by atoms with Crippen LogP contribution in [0, 0.1) is 5.41 Å². The summed E-state index contributed by atoms with van der Waals surface area (Å²) in [5.74, 6) is 0. The first-order valence-corrected chi connectivity index (χ1v) is 8.09. The van der Waals surface area contributed by atoms with Gasteiger partial charge in [0.25, 0.3) is 0 Å². The van der Waals surface area contributed by atoms with Gasteiger partial charge in [0.2, 0.25) is 0 Å². The number of aromatic amines is 1. The summed E-state index contributed by atoms with van der Waals surface area (Å²) in [4.78, 5) is 18.1. The van der Waals surface area contributed by atoms with Gasteiger partial charge in [-0.25, -0.2) is 0 Å². The third-order valence-electron chi connectivity index (χ3n) is 5.66. The van der Waals surface area contributed by atoms with Crippen molar-refractivity contribution in [1.82, 2.24) is 9.88 Å². The van der Waals surface area contributed by atoms with E-state index in [4.69, 9.17) is 0 Å². The minimum atomic E-state index is -0.214. The lowest BCUT2D eigenvalue weighted by Crippen LogP contribution is -2.50. The maximum atomic E-state index is 12.0. The molecule has 3 heterocycles. The van der Waals surface area contributed by atoms with E-state index >= 15 is 0 Å². The van der Waals surface area contributed by atoms with Crippen molar-refractivity contribution < 1.29 is 4.79 Å². The molecule has 0 spiro atoms. The minimum absolute atomic E-state index is 0.214. The zero-order chi connectivity index (χ0) is 14.4. The summed E-state index contributed by atoms with van der Waals surface area (Å²) in [6.45, 7) is 4.36. The Bertz CT molecular complexity index is 690. The lowest BCUT2D eigenvalue weighted by molar-refractivity contribution is -0.124. The second-order valence-electron chi connectivity index (χ2n) is 6.56. The van der Waals surface area contributed by atoms with Crippen LogP contribution in [0.1, 0.15) is 43.5 Å². The number of aldehydes is 1. The number of hydrogen-bond acceptors (Lipinski definition) is 2. The molecule has 2 atom stereocenters. The molecule has 0 radical (unpaired) electrons. The fourth-order valence-electron chi connectivity index (χ4n) is 4.51. The highest BCUT2D eigenvalue weighted by molar-refractivity contribution is 5.85. The number of fused-ring (bicyclic) bond motifs is 5. The summed E-state index contributed by atoms with van der Waals surface area (Å²) in [6.07, 6.45) is 5.41. The van der Waals surface area contributed by atoms with Crippen LogP contribution < -0.4 is 0 Å². The fraction of sp³-hybridized carbons (Fsp3) is 0.500. The molecule has 1 fully saturated rings. The van der Waals surface area contributed by atoms with Crippen molar-refractivity contribution in [2.24, 2.45) is 5.41 Å². The van der Waals surface area contributed by atoms with Crippen LogP contribution in [-0.2, 0) is 11.2 Å². The second-order valence-corrected chi connectivity index (χ2v) is 6.56. The van der Waals surface area contributed by atoms with Crippen molar-refractivity contribution in [3.05, 3.63) is 35.5 Å². The van der Waals surface area contributed by atoms with Crippen LogP contribution in [-0.4, -0.2) is 29.3 Å². The first-order chi connectivity index (χ1) is 10.3. The molecule has 1 N–H and O–H groups in total. The number of rotatable bonds is 2. The summed E-state index contributed by atoms with van der Waals surface area (Å²) < 4.78 is 0. The van der Waals surface area contributed by atoms with Crippen molar-refractivity contribution in [1.29, 1.82) is 0 Å². The van der Waals surface area contributed by atoms with Crippen LogP contribution in [0.2, 0.25) is 0 Å². The summed E-state index contributed by atoms with van der Waals surface area (Å²) in [5, 5.41) is 1.34. The van der Waals surface area contributed by atoms with Crippen LogP contribution >= 0.6 is 0 Å². The molecule has 4 rings (SSSR count). The number of nitrogens with one attached hydrogen (secondary N) is 1. The van der Waals surface area contributed by atoms with E-state index in [1.807, 2.05) is 0 Å². The number of para-hydroxylation sites is 1. The van der Waals surface area contributed by atoms with E-state index in [9.17, 15) is 4.79 Å². The molecule has 0 unspecified atom stereocenters. The van der Waals surface area contributed by atoms with E-state index in [1.54, 1.807) is 0 Å². The van der Waals surface area contributed by atoms with Crippen molar-refractivity contribution in [2.75, 3.05) is 13.1 Å². The average Bonchev–Trinajstić information content (AvgIpc) is 2.92. The molecule has 0 amide bonds. The highest BCUT2D eigenvalue weighted by atomic mass is 16.1. The van der Waals surface area contributed by atoms with Crippen LogP contribution in [0.15, 0.2) is 24.3 Å². The average molecular weight is 282 g/mol. The predicted molar refractivity (Wildman–Crippen MR) is 84.3 cm³/mol. The molecule has 110 valence electrons. The molecule has 3 nitrogen and oxygen atoms in total. The first-order valence-electron chi connectivity index (χ1n) is 8.09. The number of benzene rings is 1. The molecule has 2 aliphatic heterocycles. The number of H-pyrrole nitrogens is 1. The molecule has 3 heteroatoms. The molecule has 1 aromatic heterocycles. The SMILES string of the molecule is CC[C@@]1(C=O)CCCN2CCc3c([nH]c4ccccc34)[C@H]21. The number of carbonyl (C=O) groups is 1. The Balaban J connectivity index is 1.93. The van der Waals surface area contributed by atoms with Crippen LogP contribution in [0.5, 0.6) is 0 Å². The van der Waals surface area contributed by atoms with Crippen LogP contribution in [0.4, 0.5) is 0 Å². The molecule has 2 aliphatic rings. The van der Waals surface area contributed by atoms with Gasteiger partial charge >= 0.3 is 0 Å². The molecule has 1 aromatic carbocycles. The molecular formula is C18H22N2O. The number of carbonyl (C=O) groups excluding carboxylic acids is 1. The Morgan fingerprint density at radius 1 is 1.38 bits per heavy atom. The van der Waals surface area contributed by atoms with Gasteiger partial charge in [0.15, 0.2) is 0 Å². The van der Waals surface area contributed by atoms with Gasteiger partial charge in [0.05, 0.1) is 6.04 Å². The Hall–Kier alpha value is -1.61. The quantitative estimate of drug-likeness (QED) is 0.856. The Morgan fingerprint density at radius 2 is 2.24 bits per heavy atom. The summed E-state index contributed by atoms with van der Waals surface area (Å²) >= 11 is 0. The Kier molecular flexibility index (Phi) is 2.93. The van der Waals surface area contributed by atoms with E-state index in [2.05, 4.69) is 41.1 Å². The number of aromatic nitrogens is 1. The van der Waals surface area contributed by atoms with E-state index < -0.39 is 0 Å². The summed E-state index contributed by atoms with van der Waals surface area (Å²) in [5.41, 5.74) is 3.74. The van der Waals surface area contributed by atoms with Crippen molar-refractivity contribution in [3.8, 4) is 0 Å². The van der Waals surface area contributed by atoms with Crippen molar-refractivity contribution in [2.45, 2.75) is 38.6 Å². The minimum Gasteiger partial charge on any atom is -0.357 e. The normalized spacial score (nSPS) is 29.1. The van der Waals surface area contributed by atoms with Gasteiger partial charge in [0.1, 0.15) is 6.29 Å². The van der Waals surface area contributed by atoms with Crippen LogP contribution in [0.25, 0.3) is 10.9 Å². The lowest BCUT2D eigenvalue weighted by atomic mass is 9.69. The largest absolute Gasteiger partial charge is 0.357 e. The van der Waals surface area contributed by atoms with Gasteiger partial charge in [-0.15, -0.1) is 0 Å². The number of hydrogen-bond donors (Lipinski definition) is 1. The van der Waals surface area contributed by atoms with Crippen molar-refractivity contribution in [3.63, 3.8) is 0 Å². The maximum Gasteiger partial charge on any atom is 0.128 e. The zero-order valence-electron chi connectivity index (χ0n) is 12.6. The standard InChI is InChI=1S/C18H22N2O/c1-2-18(12-21)9-5-10-20-11-8-14-13-6-3-4-7-15(13)19-16(14)17(18)20/h3-4,6-7,12,17,19H,2,5,8-11H2,1H3/t17-,18-/m0/s1. The molecular weight excluding hydrogens is 260 g/mol. The molecule has 21 heavy (non-hydrogen) atoms. The number of piperidine rings is 1. The van der Waals surface area contributed by atoms with Gasteiger partial charge in [-0.05, 0) is 43.9 Å². The third-order valence-corrected chi connectivity index (χ3v) is 5.66. The fourth-order valence-corrected chi connectivity index (χ4v) is 4.51. The van der Waals surface area contributed by atoms with Gasteiger partial charge in [0, 0.05) is 28.6 Å². The van der Waals surface area contributed by atoms with E-state index in [-0.39, 0.29) is 11.5 Å². The molecule has 0 saturated carbocycles.